The van der Waals surface area contributed by atoms with Gasteiger partial charge < -0.3 is 9.47 Å². The van der Waals surface area contributed by atoms with Crippen LogP contribution in [0, 0.1) is 23.7 Å². The van der Waals surface area contributed by atoms with Gasteiger partial charge >= 0.3 is 6.18 Å². The molecule has 0 saturated carbocycles. The van der Waals surface area contributed by atoms with E-state index in [9.17, 15) is 18.4 Å². The highest BCUT2D eigenvalue weighted by Gasteiger charge is 2.35. The van der Waals surface area contributed by atoms with Crippen molar-refractivity contribution in [1.29, 1.82) is 5.26 Å². The zero-order chi connectivity index (χ0) is 31.1. The molecule has 4 aromatic rings. The number of imidazole rings is 1. The fourth-order valence-corrected chi connectivity index (χ4v) is 5.67. The maximum atomic E-state index is 13.4. The van der Waals surface area contributed by atoms with Gasteiger partial charge in [0.15, 0.2) is 11.5 Å². The summed E-state index contributed by atoms with van der Waals surface area (Å²) in [6.45, 7) is 8.04. The highest BCUT2D eigenvalue weighted by Crippen LogP contribution is 2.41. The summed E-state index contributed by atoms with van der Waals surface area (Å²) >= 11 is 6.59. The molecule has 0 N–H and O–H groups in total. The number of halogens is 4. The lowest BCUT2D eigenvalue weighted by molar-refractivity contribution is -0.140. The summed E-state index contributed by atoms with van der Waals surface area (Å²) in [4.78, 5) is 15.2. The third-order valence-corrected chi connectivity index (χ3v) is 7.65. The van der Waals surface area contributed by atoms with Crippen LogP contribution in [0.3, 0.4) is 0 Å². The van der Waals surface area contributed by atoms with E-state index in [1.165, 1.54) is 4.57 Å². The first kappa shape index (κ1) is 30.1. The van der Waals surface area contributed by atoms with Crippen molar-refractivity contribution >= 4 is 17.3 Å². The summed E-state index contributed by atoms with van der Waals surface area (Å²) in [5, 5.41) is 15.3. The average Bonchev–Trinajstić information content (AvgIpc) is 3.70. The summed E-state index contributed by atoms with van der Waals surface area (Å²) in [6, 6.07) is 5.55. The van der Waals surface area contributed by atoms with Crippen LogP contribution in [0.2, 0.25) is 5.02 Å². The Morgan fingerprint density at radius 1 is 1.12 bits per heavy atom. The Labute approximate surface area is 253 Å². The number of anilines is 1. The van der Waals surface area contributed by atoms with E-state index >= 15 is 0 Å². The van der Waals surface area contributed by atoms with Crippen molar-refractivity contribution < 1.29 is 13.2 Å². The fourth-order valence-electron chi connectivity index (χ4n) is 5.45. The molecule has 0 spiro atoms. The van der Waals surface area contributed by atoms with E-state index in [1.54, 1.807) is 43.1 Å². The molecule has 0 bridgehead atoms. The van der Waals surface area contributed by atoms with Crippen LogP contribution in [-0.4, -0.2) is 35.8 Å². The number of alkyl halides is 3. The van der Waals surface area contributed by atoms with Gasteiger partial charge in [-0.3, -0.25) is 9.67 Å². The van der Waals surface area contributed by atoms with Gasteiger partial charge in [-0.1, -0.05) is 23.6 Å². The van der Waals surface area contributed by atoms with Crippen molar-refractivity contribution in [3.63, 3.8) is 0 Å². The van der Waals surface area contributed by atoms with Crippen molar-refractivity contribution in [3.8, 4) is 41.3 Å². The van der Waals surface area contributed by atoms with Crippen LogP contribution in [0.4, 0.5) is 18.9 Å². The monoisotopic (exact) mass is 606 g/mol. The van der Waals surface area contributed by atoms with Crippen molar-refractivity contribution in [2.75, 3.05) is 11.4 Å². The predicted octanol–water partition coefficient (Wildman–Crippen LogP) is 7.04. The van der Waals surface area contributed by atoms with Gasteiger partial charge in [-0.05, 0) is 64.2 Å². The molecular formula is C31H30ClF3N8. The molecule has 5 rings (SSSR count). The molecule has 0 aromatic carbocycles. The van der Waals surface area contributed by atoms with E-state index in [4.69, 9.17) is 23.0 Å². The Balaban J connectivity index is 1.57. The second kappa shape index (κ2) is 11.7. The molecule has 1 aliphatic carbocycles. The molecule has 4 heterocycles. The lowest BCUT2D eigenvalue weighted by atomic mass is 10.0. The Morgan fingerprint density at radius 2 is 1.88 bits per heavy atom. The third kappa shape index (κ3) is 5.70. The molecule has 0 aliphatic heterocycles. The molecule has 0 saturated heterocycles. The zero-order valence-corrected chi connectivity index (χ0v) is 25.0. The van der Waals surface area contributed by atoms with Crippen LogP contribution in [0.5, 0.6) is 0 Å². The van der Waals surface area contributed by atoms with E-state index in [0.29, 0.717) is 39.9 Å². The van der Waals surface area contributed by atoms with E-state index in [1.807, 2.05) is 18.7 Å². The molecule has 0 atom stereocenters. The number of nitriles is 1. The number of aromatic nitrogens is 6. The van der Waals surface area contributed by atoms with Gasteiger partial charge in [0.1, 0.15) is 28.7 Å². The first-order valence-corrected chi connectivity index (χ1v) is 14.3. The standard InChI is InChI=1S/C31H30ClF3N8/c1-6-12-41(16-20-10-11-25(37-14-20)30-40-26(31(33,34)35)17-42(30)18(2)3)28-21-8-7-9-24(21)39-27(22(28)13-36)29-23(32)15-38-43(29)19(4)5/h1,10-11,14-15,17-19H,7-9,12,16H2,2-5H3. The molecule has 0 fully saturated rings. The summed E-state index contributed by atoms with van der Waals surface area (Å²) in [6.07, 6.45) is 7.82. The molecule has 12 heteroatoms. The quantitative estimate of drug-likeness (QED) is 0.200. The van der Waals surface area contributed by atoms with Gasteiger partial charge in [-0.15, -0.1) is 6.42 Å². The highest BCUT2D eigenvalue weighted by atomic mass is 35.5. The fraction of sp³-hybridized carbons (Fsp3) is 0.387. The number of terminal acetylenes is 1. The summed E-state index contributed by atoms with van der Waals surface area (Å²) in [5.41, 5.74) is 4.10. The Morgan fingerprint density at radius 3 is 2.49 bits per heavy atom. The molecule has 43 heavy (non-hydrogen) atoms. The van der Waals surface area contributed by atoms with Gasteiger partial charge in [0.2, 0.25) is 0 Å². The maximum Gasteiger partial charge on any atom is 0.434 e. The molecule has 4 aromatic heterocycles. The van der Waals surface area contributed by atoms with Gasteiger partial charge in [0, 0.05) is 36.7 Å². The molecule has 0 amide bonds. The largest absolute Gasteiger partial charge is 0.434 e. The van der Waals surface area contributed by atoms with Gasteiger partial charge in [0.05, 0.1) is 23.5 Å². The van der Waals surface area contributed by atoms with E-state index in [0.717, 1.165) is 42.3 Å². The molecule has 1 aliphatic rings. The number of pyridine rings is 2. The Kier molecular flexibility index (Phi) is 8.22. The van der Waals surface area contributed by atoms with Crippen LogP contribution < -0.4 is 4.90 Å². The number of rotatable bonds is 8. The SMILES string of the molecule is C#CCN(Cc1ccc(-c2nc(C(F)(F)F)cn2C(C)C)nc1)c1c(C#N)c(-c2c(Cl)cnn2C(C)C)nc2c1CCC2. The van der Waals surface area contributed by atoms with Crippen molar-refractivity contribution in [3.05, 3.63) is 63.8 Å². The van der Waals surface area contributed by atoms with Crippen LogP contribution in [0.25, 0.3) is 22.9 Å². The third-order valence-electron chi connectivity index (χ3n) is 7.38. The lowest BCUT2D eigenvalue weighted by Crippen LogP contribution is -2.26. The number of aryl methyl sites for hydroxylation is 1. The lowest BCUT2D eigenvalue weighted by Gasteiger charge is -2.27. The molecular weight excluding hydrogens is 577 g/mol. The molecule has 8 nitrogen and oxygen atoms in total. The number of hydrogen-bond acceptors (Lipinski definition) is 6. The van der Waals surface area contributed by atoms with Gasteiger partial charge in [0.25, 0.3) is 0 Å². The minimum Gasteiger partial charge on any atom is -0.355 e. The van der Waals surface area contributed by atoms with Gasteiger partial charge in [-0.25, -0.2) is 9.97 Å². The van der Waals surface area contributed by atoms with Crippen molar-refractivity contribution in [2.24, 2.45) is 0 Å². The minimum atomic E-state index is -4.57. The van der Waals surface area contributed by atoms with Gasteiger partial charge in [-0.2, -0.15) is 23.5 Å². The van der Waals surface area contributed by atoms with E-state index < -0.39 is 11.9 Å². The second-order valence-electron chi connectivity index (χ2n) is 11.0. The smallest absolute Gasteiger partial charge is 0.355 e. The maximum absolute atomic E-state index is 13.4. The number of hydrogen-bond donors (Lipinski definition) is 0. The first-order chi connectivity index (χ1) is 20.4. The average molecular weight is 607 g/mol. The van der Waals surface area contributed by atoms with Crippen LogP contribution >= 0.6 is 11.6 Å². The topological polar surface area (TPSA) is 88.5 Å². The highest BCUT2D eigenvalue weighted by molar-refractivity contribution is 6.33. The Bertz CT molecular complexity index is 1740. The van der Waals surface area contributed by atoms with E-state index in [-0.39, 0.29) is 24.5 Å². The second-order valence-corrected chi connectivity index (χ2v) is 11.4. The summed E-state index contributed by atoms with van der Waals surface area (Å²) < 4.78 is 43.4. The summed E-state index contributed by atoms with van der Waals surface area (Å²) in [5.74, 6) is 2.85. The number of nitrogens with zero attached hydrogens (tertiary/aromatic N) is 8. The normalized spacial score (nSPS) is 12.9. The zero-order valence-electron chi connectivity index (χ0n) is 24.2. The van der Waals surface area contributed by atoms with Crippen molar-refractivity contribution in [2.45, 2.75) is 71.8 Å². The molecule has 0 unspecified atom stereocenters. The van der Waals surface area contributed by atoms with Crippen LogP contribution in [0.1, 0.15) is 74.3 Å². The Hall–Kier alpha value is -4.35. The van der Waals surface area contributed by atoms with Crippen LogP contribution in [-0.2, 0) is 25.6 Å². The molecule has 0 radical (unpaired) electrons. The first-order valence-electron chi connectivity index (χ1n) is 13.9. The predicted molar refractivity (Wildman–Crippen MR) is 158 cm³/mol. The minimum absolute atomic E-state index is 0.0162. The van der Waals surface area contributed by atoms with E-state index in [2.05, 4.69) is 27.1 Å². The number of fused-ring (bicyclic) bond motifs is 1. The summed E-state index contributed by atoms with van der Waals surface area (Å²) in [7, 11) is 0. The van der Waals surface area contributed by atoms with Crippen molar-refractivity contribution in [1.82, 2.24) is 29.3 Å². The molecule has 222 valence electrons. The van der Waals surface area contributed by atoms with Crippen LogP contribution in [0.15, 0.2) is 30.7 Å².